The predicted octanol–water partition coefficient (Wildman–Crippen LogP) is 2.52. The van der Waals surface area contributed by atoms with Gasteiger partial charge in [-0.1, -0.05) is 29.8 Å². The van der Waals surface area contributed by atoms with E-state index in [0.29, 0.717) is 18.2 Å². The molecule has 0 unspecified atom stereocenters. The summed E-state index contributed by atoms with van der Waals surface area (Å²) in [6.45, 7) is 4.65. The normalized spacial score (nSPS) is 18.3. The van der Waals surface area contributed by atoms with Crippen LogP contribution in [0, 0.1) is 6.92 Å². The fourth-order valence-electron chi connectivity index (χ4n) is 3.07. The molecule has 5 nitrogen and oxygen atoms in total. The van der Waals surface area contributed by atoms with E-state index in [9.17, 15) is 4.79 Å². The maximum absolute atomic E-state index is 12.4. The zero-order chi connectivity index (χ0) is 16.9. The van der Waals surface area contributed by atoms with E-state index in [1.54, 1.807) is 12.4 Å². The highest BCUT2D eigenvalue weighted by atomic mass is 16.1. The van der Waals surface area contributed by atoms with Crippen molar-refractivity contribution in [1.82, 2.24) is 20.2 Å². The molecule has 2 heterocycles. The number of likely N-dealkylation sites (tertiary alicyclic amines) is 1. The minimum Gasteiger partial charge on any atom is -0.347 e. The number of nitrogens with zero attached hydrogens (tertiary/aromatic N) is 3. The summed E-state index contributed by atoms with van der Waals surface area (Å²) in [7, 11) is 2.12. The van der Waals surface area contributed by atoms with Crippen molar-refractivity contribution in [2.45, 2.75) is 32.2 Å². The quantitative estimate of drug-likeness (QED) is 0.939. The van der Waals surface area contributed by atoms with Crippen molar-refractivity contribution < 1.29 is 4.79 Å². The van der Waals surface area contributed by atoms with Crippen molar-refractivity contribution in [3.05, 3.63) is 59.2 Å². The number of carbonyl (C=O) groups is 1. The lowest BCUT2D eigenvalue weighted by Crippen LogP contribution is -2.32. The van der Waals surface area contributed by atoms with Crippen LogP contribution in [0.2, 0.25) is 0 Å². The molecule has 3 rings (SSSR count). The molecule has 5 heteroatoms. The van der Waals surface area contributed by atoms with E-state index >= 15 is 0 Å². The van der Waals surface area contributed by atoms with Crippen molar-refractivity contribution in [2.75, 3.05) is 20.1 Å². The number of carbonyl (C=O) groups excluding carboxylic acids is 1. The molecular weight excluding hydrogens is 300 g/mol. The number of aromatic nitrogens is 2. The van der Waals surface area contributed by atoms with E-state index in [-0.39, 0.29) is 5.91 Å². The van der Waals surface area contributed by atoms with E-state index in [1.165, 1.54) is 5.56 Å². The molecule has 0 spiro atoms. The van der Waals surface area contributed by atoms with Crippen molar-refractivity contribution in [1.29, 1.82) is 0 Å². The monoisotopic (exact) mass is 324 g/mol. The van der Waals surface area contributed by atoms with Gasteiger partial charge in [-0.25, -0.2) is 4.98 Å². The molecule has 1 atom stereocenters. The van der Waals surface area contributed by atoms with Crippen LogP contribution in [0.15, 0.2) is 36.7 Å². The summed E-state index contributed by atoms with van der Waals surface area (Å²) < 4.78 is 0. The van der Waals surface area contributed by atoms with Crippen molar-refractivity contribution in [2.24, 2.45) is 0 Å². The van der Waals surface area contributed by atoms with Crippen molar-refractivity contribution in [3.8, 4) is 0 Å². The van der Waals surface area contributed by atoms with Gasteiger partial charge in [-0.05, 0) is 38.9 Å². The summed E-state index contributed by atoms with van der Waals surface area (Å²) in [4.78, 5) is 23.5. The number of nitrogens with one attached hydrogen (secondary N) is 1. The third-order valence-electron chi connectivity index (χ3n) is 4.50. The van der Waals surface area contributed by atoms with Crippen LogP contribution >= 0.6 is 0 Å². The smallest absolute Gasteiger partial charge is 0.271 e. The maximum Gasteiger partial charge on any atom is 0.271 e. The zero-order valence-corrected chi connectivity index (χ0v) is 14.3. The first-order valence-electron chi connectivity index (χ1n) is 8.46. The maximum atomic E-state index is 12.4. The van der Waals surface area contributed by atoms with Crippen LogP contribution in [-0.2, 0) is 6.54 Å². The number of amides is 1. The second-order valence-electron chi connectivity index (χ2n) is 6.60. The van der Waals surface area contributed by atoms with Gasteiger partial charge in [0.1, 0.15) is 5.69 Å². The highest BCUT2D eigenvalue weighted by molar-refractivity contribution is 5.91. The Balaban J connectivity index is 1.64. The molecule has 1 aliphatic heterocycles. The molecule has 126 valence electrons. The van der Waals surface area contributed by atoms with Gasteiger partial charge in [0.25, 0.3) is 5.91 Å². The number of hydrogen-bond acceptors (Lipinski definition) is 4. The van der Waals surface area contributed by atoms with Crippen LogP contribution in [0.1, 0.15) is 46.1 Å². The number of aryl methyl sites for hydroxylation is 1. The second kappa shape index (κ2) is 7.53. The molecule has 1 aromatic heterocycles. The molecule has 0 bridgehead atoms. The Hall–Kier alpha value is -2.27. The summed E-state index contributed by atoms with van der Waals surface area (Å²) in [5.41, 5.74) is 3.60. The van der Waals surface area contributed by atoms with Gasteiger partial charge in [0.15, 0.2) is 0 Å². The Kier molecular flexibility index (Phi) is 5.20. The van der Waals surface area contributed by atoms with Crippen LogP contribution in [0.25, 0.3) is 0 Å². The molecule has 0 radical (unpaired) electrons. The Morgan fingerprint density at radius 3 is 2.83 bits per heavy atom. The lowest BCUT2D eigenvalue weighted by atomic mass is 9.95. The van der Waals surface area contributed by atoms with Crippen molar-refractivity contribution in [3.63, 3.8) is 0 Å². The Labute approximate surface area is 143 Å². The standard InChI is InChI=1S/C19H24N4O/c1-14-5-7-15(8-6-14)10-21-19(24)18-12-20-11-17(22-18)16-4-3-9-23(2)13-16/h5-8,11-12,16H,3-4,9-10,13H2,1-2H3,(H,21,24)/t16-/m1/s1. The minimum absolute atomic E-state index is 0.172. The van der Waals surface area contributed by atoms with E-state index < -0.39 is 0 Å². The summed E-state index contributed by atoms with van der Waals surface area (Å²) in [5.74, 6) is 0.190. The highest BCUT2D eigenvalue weighted by Gasteiger charge is 2.21. The SMILES string of the molecule is Cc1ccc(CNC(=O)c2cncc([C@@H]3CCCN(C)C3)n2)cc1. The van der Waals surface area contributed by atoms with Gasteiger partial charge in [0.2, 0.25) is 0 Å². The van der Waals surface area contributed by atoms with Crippen LogP contribution in [0.4, 0.5) is 0 Å². The lowest BCUT2D eigenvalue weighted by Gasteiger charge is -2.29. The van der Waals surface area contributed by atoms with Gasteiger partial charge < -0.3 is 10.2 Å². The molecule has 1 aromatic carbocycles. The third-order valence-corrected chi connectivity index (χ3v) is 4.50. The minimum atomic E-state index is -0.172. The largest absolute Gasteiger partial charge is 0.347 e. The molecular formula is C19H24N4O. The van der Waals surface area contributed by atoms with Gasteiger partial charge >= 0.3 is 0 Å². The molecule has 24 heavy (non-hydrogen) atoms. The number of rotatable bonds is 4. The Morgan fingerprint density at radius 2 is 2.08 bits per heavy atom. The number of benzene rings is 1. The fourth-order valence-corrected chi connectivity index (χ4v) is 3.07. The van der Waals surface area contributed by atoms with Gasteiger partial charge in [0, 0.05) is 25.2 Å². The van der Waals surface area contributed by atoms with Gasteiger partial charge in [-0.3, -0.25) is 9.78 Å². The van der Waals surface area contributed by atoms with Gasteiger partial charge in [0.05, 0.1) is 11.9 Å². The van der Waals surface area contributed by atoms with Crippen LogP contribution in [0.3, 0.4) is 0 Å². The molecule has 1 amide bonds. The van der Waals surface area contributed by atoms with Gasteiger partial charge in [-0.2, -0.15) is 0 Å². The lowest BCUT2D eigenvalue weighted by molar-refractivity contribution is 0.0945. The summed E-state index contributed by atoms with van der Waals surface area (Å²) in [6, 6.07) is 8.13. The third kappa shape index (κ3) is 4.17. The molecule has 1 aliphatic rings. The Morgan fingerprint density at radius 1 is 1.29 bits per heavy atom. The average molecular weight is 324 g/mol. The first-order valence-corrected chi connectivity index (χ1v) is 8.46. The predicted molar refractivity (Wildman–Crippen MR) is 93.9 cm³/mol. The van der Waals surface area contributed by atoms with E-state index in [2.05, 4.69) is 27.2 Å². The topological polar surface area (TPSA) is 58.1 Å². The van der Waals surface area contributed by atoms with Gasteiger partial charge in [-0.15, -0.1) is 0 Å². The van der Waals surface area contributed by atoms with Crippen LogP contribution in [0.5, 0.6) is 0 Å². The Bertz CT molecular complexity index is 699. The van der Waals surface area contributed by atoms with E-state index in [4.69, 9.17) is 0 Å². The summed E-state index contributed by atoms with van der Waals surface area (Å²) in [6.07, 6.45) is 5.60. The summed E-state index contributed by atoms with van der Waals surface area (Å²) in [5, 5.41) is 2.92. The zero-order valence-electron chi connectivity index (χ0n) is 14.3. The number of piperidine rings is 1. The molecule has 0 saturated carbocycles. The number of hydrogen-bond donors (Lipinski definition) is 1. The van der Waals surface area contributed by atoms with E-state index in [0.717, 1.165) is 37.2 Å². The molecule has 1 fully saturated rings. The second-order valence-corrected chi connectivity index (χ2v) is 6.60. The van der Waals surface area contributed by atoms with Crippen molar-refractivity contribution >= 4 is 5.91 Å². The first kappa shape index (κ1) is 16.6. The first-order chi connectivity index (χ1) is 11.6. The molecule has 0 aliphatic carbocycles. The number of likely N-dealkylation sites (N-methyl/N-ethyl adjacent to an activating group) is 1. The molecule has 1 saturated heterocycles. The molecule has 1 N–H and O–H groups in total. The summed E-state index contributed by atoms with van der Waals surface area (Å²) >= 11 is 0. The van der Waals surface area contributed by atoms with E-state index in [1.807, 2.05) is 31.2 Å². The highest BCUT2D eigenvalue weighted by Crippen LogP contribution is 2.24. The molecule has 2 aromatic rings. The average Bonchev–Trinajstić information content (AvgIpc) is 2.61. The van der Waals surface area contributed by atoms with Crippen LogP contribution < -0.4 is 5.32 Å². The van der Waals surface area contributed by atoms with Crippen LogP contribution in [-0.4, -0.2) is 40.9 Å². The fraction of sp³-hybridized carbons (Fsp3) is 0.421.